The summed E-state index contributed by atoms with van der Waals surface area (Å²) in [4.78, 5) is 24.2. The van der Waals surface area contributed by atoms with Gasteiger partial charge in [0.15, 0.2) is 0 Å². The number of rotatable bonds is 5. The van der Waals surface area contributed by atoms with Gasteiger partial charge >= 0.3 is 5.97 Å². The van der Waals surface area contributed by atoms with Crippen molar-refractivity contribution < 1.29 is 14.7 Å². The van der Waals surface area contributed by atoms with Crippen LogP contribution in [0.4, 0.5) is 0 Å². The smallest absolute Gasteiger partial charge is 0.303 e. The minimum atomic E-state index is -0.751. The van der Waals surface area contributed by atoms with Crippen molar-refractivity contribution >= 4 is 11.9 Å². The van der Waals surface area contributed by atoms with Crippen molar-refractivity contribution in [3.05, 3.63) is 0 Å². The van der Waals surface area contributed by atoms with Gasteiger partial charge in [-0.05, 0) is 25.2 Å². The fraction of sp³-hybridized carbons (Fsp3) is 0.833. The van der Waals surface area contributed by atoms with Gasteiger partial charge in [0.1, 0.15) is 0 Å². The highest BCUT2D eigenvalue weighted by Gasteiger charge is 2.23. The summed E-state index contributed by atoms with van der Waals surface area (Å²) in [6.45, 7) is 3.67. The third-order valence-corrected chi connectivity index (χ3v) is 3.17. The lowest BCUT2D eigenvalue weighted by Gasteiger charge is -2.20. The number of likely N-dealkylation sites (tertiary alicyclic amines) is 1. The summed E-state index contributed by atoms with van der Waals surface area (Å²) < 4.78 is 0. The molecule has 1 fully saturated rings. The van der Waals surface area contributed by atoms with Crippen LogP contribution >= 0.6 is 0 Å². The van der Waals surface area contributed by atoms with Crippen molar-refractivity contribution in [2.45, 2.75) is 45.4 Å². The van der Waals surface area contributed by atoms with Crippen molar-refractivity contribution in [1.82, 2.24) is 4.90 Å². The van der Waals surface area contributed by atoms with E-state index in [2.05, 4.69) is 6.92 Å². The van der Waals surface area contributed by atoms with Gasteiger partial charge in [0.2, 0.25) is 5.91 Å². The highest BCUT2D eigenvalue weighted by atomic mass is 16.4. The van der Waals surface area contributed by atoms with E-state index in [0.29, 0.717) is 6.42 Å². The number of nitrogens with zero attached hydrogens (tertiary/aromatic N) is 1. The van der Waals surface area contributed by atoms with Crippen LogP contribution in [0.2, 0.25) is 0 Å². The van der Waals surface area contributed by atoms with E-state index < -0.39 is 5.97 Å². The summed E-state index contributed by atoms with van der Waals surface area (Å²) in [5.41, 5.74) is 0. The largest absolute Gasteiger partial charge is 0.481 e. The Morgan fingerprint density at radius 3 is 2.88 bits per heavy atom. The van der Waals surface area contributed by atoms with Crippen LogP contribution in [0.25, 0.3) is 0 Å². The molecule has 16 heavy (non-hydrogen) atoms. The Labute approximate surface area is 96.6 Å². The van der Waals surface area contributed by atoms with Gasteiger partial charge < -0.3 is 10.0 Å². The average molecular weight is 227 g/mol. The summed E-state index contributed by atoms with van der Waals surface area (Å²) >= 11 is 0. The van der Waals surface area contributed by atoms with Gasteiger partial charge in [-0.1, -0.05) is 13.3 Å². The summed E-state index contributed by atoms with van der Waals surface area (Å²) in [7, 11) is 0. The number of carbonyl (C=O) groups excluding carboxylic acids is 1. The minimum Gasteiger partial charge on any atom is -0.481 e. The molecule has 0 aromatic heterocycles. The number of amides is 1. The molecule has 0 aliphatic carbocycles. The Hall–Kier alpha value is -1.06. The first-order chi connectivity index (χ1) is 7.63. The van der Waals surface area contributed by atoms with E-state index in [1.165, 1.54) is 0 Å². The summed E-state index contributed by atoms with van der Waals surface area (Å²) in [6, 6.07) is 0. The Morgan fingerprint density at radius 1 is 1.50 bits per heavy atom. The fourth-order valence-corrected chi connectivity index (χ4v) is 2.13. The van der Waals surface area contributed by atoms with Crippen LogP contribution < -0.4 is 0 Å². The van der Waals surface area contributed by atoms with Gasteiger partial charge in [-0.2, -0.15) is 0 Å². The molecule has 0 saturated carbocycles. The number of hydrogen-bond acceptors (Lipinski definition) is 2. The zero-order chi connectivity index (χ0) is 12.0. The number of aliphatic carboxylic acids is 1. The minimum absolute atomic E-state index is 0.174. The molecule has 1 aliphatic rings. The number of hydrogen-bond donors (Lipinski definition) is 1. The van der Waals surface area contributed by atoms with E-state index in [0.717, 1.165) is 38.8 Å². The van der Waals surface area contributed by atoms with E-state index in [1.54, 1.807) is 0 Å². The molecule has 1 heterocycles. The van der Waals surface area contributed by atoms with E-state index in [1.807, 2.05) is 4.90 Å². The molecular weight excluding hydrogens is 206 g/mol. The van der Waals surface area contributed by atoms with Gasteiger partial charge in [-0.3, -0.25) is 9.59 Å². The van der Waals surface area contributed by atoms with Gasteiger partial charge in [0.25, 0.3) is 0 Å². The molecule has 0 bridgehead atoms. The van der Waals surface area contributed by atoms with Crippen molar-refractivity contribution in [2.24, 2.45) is 5.92 Å². The lowest BCUT2D eigenvalue weighted by molar-refractivity contribution is -0.138. The highest BCUT2D eigenvalue weighted by molar-refractivity contribution is 5.76. The second-order valence-electron chi connectivity index (χ2n) is 4.53. The van der Waals surface area contributed by atoms with Crippen LogP contribution in [0, 0.1) is 5.92 Å². The van der Waals surface area contributed by atoms with Crippen LogP contribution in [0.5, 0.6) is 0 Å². The summed E-state index contributed by atoms with van der Waals surface area (Å²) in [6.07, 6.45) is 4.41. The van der Waals surface area contributed by atoms with Gasteiger partial charge in [-0.15, -0.1) is 0 Å². The predicted octanol–water partition coefficient (Wildman–Crippen LogP) is 1.89. The molecule has 1 unspecified atom stereocenters. The topological polar surface area (TPSA) is 57.6 Å². The zero-order valence-electron chi connectivity index (χ0n) is 9.95. The number of unbranched alkanes of at least 4 members (excludes halogenated alkanes) is 1. The zero-order valence-corrected chi connectivity index (χ0v) is 9.95. The molecule has 1 aliphatic heterocycles. The van der Waals surface area contributed by atoms with Gasteiger partial charge in [0, 0.05) is 25.9 Å². The highest BCUT2D eigenvalue weighted by Crippen LogP contribution is 2.21. The molecular formula is C12H21NO3. The Bertz CT molecular complexity index is 253. The first kappa shape index (κ1) is 13.0. The standard InChI is InChI=1S/C12H21NO3/c1-2-3-7-13-8-6-10(9-12(15)16)4-5-11(13)14/h10H,2-9H2,1H3,(H,15,16). The van der Waals surface area contributed by atoms with E-state index in [9.17, 15) is 9.59 Å². The van der Waals surface area contributed by atoms with Crippen molar-refractivity contribution in [3.8, 4) is 0 Å². The first-order valence-corrected chi connectivity index (χ1v) is 6.13. The normalized spacial score (nSPS) is 21.9. The van der Waals surface area contributed by atoms with Crippen molar-refractivity contribution in [1.29, 1.82) is 0 Å². The molecule has 0 aromatic carbocycles. The molecule has 1 atom stereocenters. The molecule has 92 valence electrons. The lowest BCUT2D eigenvalue weighted by Crippen LogP contribution is -2.31. The van der Waals surface area contributed by atoms with Crippen molar-refractivity contribution in [3.63, 3.8) is 0 Å². The molecule has 0 spiro atoms. The molecule has 1 rings (SSSR count). The molecule has 0 radical (unpaired) electrons. The number of carboxylic acids is 1. The number of carbonyl (C=O) groups is 2. The second kappa shape index (κ2) is 6.51. The third-order valence-electron chi connectivity index (χ3n) is 3.17. The van der Waals surface area contributed by atoms with Gasteiger partial charge in [0.05, 0.1) is 0 Å². The van der Waals surface area contributed by atoms with E-state index >= 15 is 0 Å². The monoisotopic (exact) mass is 227 g/mol. The maximum atomic E-state index is 11.7. The molecule has 1 N–H and O–H groups in total. The average Bonchev–Trinajstić information content (AvgIpc) is 2.39. The van der Waals surface area contributed by atoms with Crippen molar-refractivity contribution in [2.75, 3.05) is 13.1 Å². The quantitative estimate of drug-likeness (QED) is 0.780. The van der Waals surface area contributed by atoms with Crippen LogP contribution in [0.15, 0.2) is 0 Å². The van der Waals surface area contributed by atoms with Crippen LogP contribution in [-0.4, -0.2) is 35.0 Å². The first-order valence-electron chi connectivity index (χ1n) is 6.13. The third kappa shape index (κ3) is 4.21. The lowest BCUT2D eigenvalue weighted by atomic mass is 9.97. The molecule has 1 amide bonds. The van der Waals surface area contributed by atoms with E-state index in [-0.39, 0.29) is 18.2 Å². The fourth-order valence-electron chi connectivity index (χ4n) is 2.13. The Kier molecular flexibility index (Phi) is 5.29. The molecule has 4 nitrogen and oxygen atoms in total. The maximum Gasteiger partial charge on any atom is 0.303 e. The predicted molar refractivity (Wildman–Crippen MR) is 61.1 cm³/mol. The van der Waals surface area contributed by atoms with Crippen LogP contribution in [-0.2, 0) is 9.59 Å². The number of carboxylic acid groups (broad SMARTS) is 1. The van der Waals surface area contributed by atoms with Crippen LogP contribution in [0.1, 0.15) is 45.4 Å². The Morgan fingerprint density at radius 2 is 2.25 bits per heavy atom. The SMILES string of the molecule is CCCCN1CCC(CC(=O)O)CCC1=O. The maximum absolute atomic E-state index is 11.7. The Balaban J connectivity index is 2.42. The van der Waals surface area contributed by atoms with E-state index in [4.69, 9.17) is 5.11 Å². The summed E-state index contributed by atoms with van der Waals surface area (Å²) in [5.74, 6) is -0.381. The van der Waals surface area contributed by atoms with Gasteiger partial charge in [-0.25, -0.2) is 0 Å². The van der Waals surface area contributed by atoms with Crippen LogP contribution in [0.3, 0.4) is 0 Å². The summed E-state index contributed by atoms with van der Waals surface area (Å²) in [5, 5.41) is 8.73. The molecule has 0 aromatic rings. The molecule has 4 heteroatoms. The molecule has 1 saturated heterocycles. The second-order valence-corrected chi connectivity index (χ2v) is 4.53.